The Morgan fingerprint density at radius 2 is 1.90 bits per heavy atom. The number of pyridine rings is 1. The Hall–Kier alpha value is -4.94. The largest absolute Gasteiger partial charge is 0.467 e. The number of nitrogens with one attached hydrogen (secondary N) is 2. The first kappa shape index (κ1) is 44.2. The maximum Gasteiger partial charge on any atom is 0.406 e. The average Bonchev–Trinajstić information content (AvgIpc) is 3.77. The van der Waals surface area contributed by atoms with E-state index in [1.54, 1.807) is 57.3 Å². The number of aromatic nitrogens is 4. The normalized spacial score (nSPS) is 15.3. The standard InChI is InChI=1S/C40H51F3N8O6S/c1-24(2)34(49(6)22-52)36(54)46-30(38(55)51-16-9-8-15-45-51)18-32-47-37(58-48-32)26-12-13-31-28(17-26)29(19-39(4,5)21-57-23-53)35(50(31)20-40(41,42)43)27-11-10-14-44-33(27)25(3)56-7/h10-14,17,22-25,30,34,45H,8-9,15-16,18-21H2,1-7H3,(H,46,54). The zero-order chi connectivity index (χ0) is 42.4. The average molecular weight is 829 g/mol. The number of likely N-dealkylation sites (N-methyl/N-ethyl adjacent to an activating group) is 1. The summed E-state index contributed by atoms with van der Waals surface area (Å²) in [7, 11) is 3.01. The molecule has 3 amide bonds. The smallest absolute Gasteiger partial charge is 0.406 e. The molecule has 0 aliphatic carbocycles. The monoisotopic (exact) mass is 828 g/mol. The van der Waals surface area contributed by atoms with Crippen LogP contribution in [0.3, 0.4) is 0 Å². The third kappa shape index (κ3) is 10.4. The molecule has 18 heteroatoms. The van der Waals surface area contributed by atoms with Gasteiger partial charge in [-0.3, -0.25) is 29.2 Å². The van der Waals surface area contributed by atoms with E-state index in [1.165, 1.54) is 28.6 Å². The minimum Gasteiger partial charge on any atom is -0.467 e. The van der Waals surface area contributed by atoms with E-state index in [2.05, 4.69) is 20.1 Å². The van der Waals surface area contributed by atoms with Crippen LogP contribution in [0.25, 0.3) is 32.7 Å². The van der Waals surface area contributed by atoms with Gasteiger partial charge in [0.2, 0.25) is 12.3 Å². The number of hydrazine groups is 1. The third-order valence-electron chi connectivity index (χ3n) is 10.1. The van der Waals surface area contributed by atoms with Gasteiger partial charge < -0.3 is 24.3 Å². The number of alkyl halides is 3. The molecule has 14 nitrogen and oxygen atoms in total. The molecule has 4 heterocycles. The third-order valence-corrected chi connectivity index (χ3v) is 10.9. The molecule has 58 heavy (non-hydrogen) atoms. The highest BCUT2D eigenvalue weighted by molar-refractivity contribution is 7.09. The molecule has 1 aliphatic heterocycles. The van der Waals surface area contributed by atoms with E-state index in [1.807, 2.05) is 13.8 Å². The molecule has 1 saturated heterocycles. The second-order valence-corrected chi connectivity index (χ2v) is 16.4. The van der Waals surface area contributed by atoms with Crippen molar-refractivity contribution < 1.29 is 41.8 Å². The fraction of sp³-hybridized carbons (Fsp3) is 0.525. The van der Waals surface area contributed by atoms with Gasteiger partial charge >= 0.3 is 6.18 Å². The first-order valence-corrected chi connectivity index (χ1v) is 19.9. The van der Waals surface area contributed by atoms with Gasteiger partial charge in [-0.2, -0.15) is 17.5 Å². The summed E-state index contributed by atoms with van der Waals surface area (Å²) in [6, 6.07) is 6.59. The van der Waals surface area contributed by atoms with Crippen molar-refractivity contribution in [1.29, 1.82) is 0 Å². The summed E-state index contributed by atoms with van der Waals surface area (Å²) in [5, 5.41) is 5.31. The van der Waals surface area contributed by atoms with Gasteiger partial charge in [-0.1, -0.05) is 27.7 Å². The maximum atomic E-state index is 14.4. The second-order valence-electron chi connectivity index (χ2n) is 15.7. The Labute approximate surface area is 339 Å². The summed E-state index contributed by atoms with van der Waals surface area (Å²) in [6.07, 6.45) is -1.14. The van der Waals surface area contributed by atoms with Crippen LogP contribution in [0.2, 0.25) is 0 Å². The molecule has 1 fully saturated rings. The quantitative estimate of drug-likeness (QED) is 0.123. The van der Waals surface area contributed by atoms with Gasteiger partial charge in [0.1, 0.15) is 29.5 Å². The minimum atomic E-state index is -4.58. The number of amides is 3. The van der Waals surface area contributed by atoms with Crippen molar-refractivity contribution >= 4 is 47.1 Å². The Balaban J connectivity index is 1.61. The Kier molecular flexibility index (Phi) is 14.3. The number of carbonyl (C=O) groups excluding carboxylic acids is 4. The van der Waals surface area contributed by atoms with Crippen LogP contribution < -0.4 is 10.7 Å². The first-order chi connectivity index (χ1) is 27.5. The van der Waals surface area contributed by atoms with E-state index < -0.39 is 42.2 Å². The van der Waals surface area contributed by atoms with Gasteiger partial charge in [0.25, 0.3) is 12.4 Å². The van der Waals surface area contributed by atoms with Crippen LogP contribution in [0.4, 0.5) is 13.2 Å². The number of hydrogen-bond donors (Lipinski definition) is 2. The molecule has 0 bridgehead atoms. The summed E-state index contributed by atoms with van der Waals surface area (Å²) in [5.74, 6) is -0.836. The van der Waals surface area contributed by atoms with Crippen molar-refractivity contribution in [1.82, 2.24) is 39.6 Å². The molecule has 1 aromatic carbocycles. The van der Waals surface area contributed by atoms with E-state index in [4.69, 9.17) is 14.5 Å². The number of rotatable bonds is 18. The number of fused-ring (bicyclic) bond motifs is 1. The number of nitrogens with zero attached hydrogens (tertiary/aromatic N) is 6. The summed E-state index contributed by atoms with van der Waals surface area (Å²) in [5.41, 5.74) is 5.13. The lowest BCUT2D eigenvalue weighted by Crippen LogP contribution is -2.59. The molecule has 3 aromatic heterocycles. The topological polar surface area (TPSA) is 161 Å². The van der Waals surface area contributed by atoms with Crippen LogP contribution >= 0.6 is 11.5 Å². The molecule has 314 valence electrons. The van der Waals surface area contributed by atoms with Crippen molar-refractivity contribution in [3.05, 3.63) is 53.6 Å². The summed E-state index contributed by atoms with van der Waals surface area (Å²) in [4.78, 5) is 60.8. The van der Waals surface area contributed by atoms with Gasteiger partial charge in [0, 0.05) is 67.3 Å². The van der Waals surface area contributed by atoms with Gasteiger partial charge in [0.05, 0.1) is 24.1 Å². The molecule has 4 aromatic rings. The highest BCUT2D eigenvalue weighted by Crippen LogP contribution is 2.43. The van der Waals surface area contributed by atoms with Gasteiger partial charge in [-0.15, -0.1) is 0 Å². The van der Waals surface area contributed by atoms with E-state index in [-0.39, 0.29) is 37.1 Å². The predicted octanol–water partition coefficient (Wildman–Crippen LogP) is 5.50. The molecule has 3 atom stereocenters. The van der Waals surface area contributed by atoms with Gasteiger partial charge in [-0.25, -0.2) is 10.4 Å². The number of benzene rings is 1. The highest BCUT2D eigenvalue weighted by Gasteiger charge is 2.36. The van der Waals surface area contributed by atoms with Crippen LogP contribution in [0, 0.1) is 11.3 Å². The summed E-state index contributed by atoms with van der Waals surface area (Å²) >= 11 is 1.05. The van der Waals surface area contributed by atoms with E-state index in [0.29, 0.717) is 70.0 Å². The fourth-order valence-corrected chi connectivity index (χ4v) is 8.10. The summed E-state index contributed by atoms with van der Waals surface area (Å²) in [6.45, 7) is 9.24. The SMILES string of the molecule is COC(C)c1ncccc1-c1c(CC(C)(C)COC=O)c2cc(-c3nc(CC(NC(=O)C(C(C)C)N(C)C=O)C(=O)N4CCCCN4)ns3)ccc2n1CC(F)(F)F. The van der Waals surface area contributed by atoms with Gasteiger partial charge in [-0.05, 0) is 79.5 Å². The van der Waals surface area contributed by atoms with Crippen LogP contribution in [0.1, 0.15) is 70.6 Å². The van der Waals surface area contributed by atoms with Crippen LogP contribution in [-0.4, -0.2) is 106 Å². The number of methoxy groups -OCH3 is 1. The molecule has 5 rings (SSSR count). The number of halogens is 3. The molecular formula is C40H51F3N8O6S. The van der Waals surface area contributed by atoms with Gasteiger partial charge in [0.15, 0.2) is 0 Å². The van der Waals surface area contributed by atoms with E-state index >= 15 is 0 Å². The Bertz CT molecular complexity index is 2080. The van der Waals surface area contributed by atoms with Crippen molar-refractivity contribution in [2.24, 2.45) is 11.3 Å². The molecule has 0 spiro atoms. The summed E-state index contributed by atoms with van der Waals surface area (Å²) < 4.78 is 59.9. The molecule has 1 aliphatic rings. The number of hydrogen-bond acceptors (Lipinski definition) is 11. The maximum absolute atomic E-state index is 14.4. The Morgan fingerprint density at radius 3 is 2.53 bits per heavy atom. The van der Waals surface area contributed by atoms with Crippen molar-refractivity contribution in [3.8, 4) is 21.8 Å². The van der Waals surface area contributed by atoms with Crippen LogP contribution in [0.15, 0.2) is 36.5 Å². The van der Waals surface area contributed by atoms with E-state index in [9.17, 15) is 32.3 Å². The highest BCUT2D eigenvalue weighted by atomic mass is 32.1. The van der Waals surface area contributed by atoms with Crippen LogP contribution in [0.5, 0.6) is 0 Å². The van der Waals surface area contributed by atoms with Crippen molar-refractivity contribution in [2.75, 3.05) is 33.9 Å². The molecule has 0 saturated carbocycles. The zero-order valence-electron chi connectivity index (χ0n) is 33.8. The lowest BCUT2D eigenvalue weighted by Gasteiger charge is -2.33. The number of carbonyl (C=O) groups is 4. The predicted molar refractivity (Wildman–Crippen MR) is 212 cm³/mol. The molecule has 3 unspecified atom stereocenters. The minimum absolute atomic E-state index is 0.0163. The number of ether oxygens (including phenoxy) is 2. The first-order valence-electron chi connectivity index (χ1n) is 19.1. The van der Waals surface area contributed by atoms with Crippen LogP contribution in [-0.2, 0) is 48.0 Å². The lowest BCUT2D eigenvalue weighted by molar-refractivity contribution is -0.142. The van der Waals surface area contributed by atoms with Crippen molar-refractivity contribution in [3.63, 3.8) is 0 Å². The molecule has 0 radical (unpaired) electrons. The fourth-order valence-electron chi connectivity index (χ4n) is 7.41. The van der Waals surface area contributed by atoms with Crippen molar-refractivity contribution in [2.45, 2.75) is 91.2 Å². The molecular weight excluding hydrogens is 778 g/mol. The Morgan fingerprint density at radius 1 is 1.14 bits per heavy atom. The second kappa shape index (κ2) is 18.8. The van der Waals surface area contributed by atoms with E-state index in [0.717, 1.165) is 24.4 Å². The molecule has 2 N–H and O–H groups in total. The zero-order valence-corrected chi connectivity index (χ0v) is 34.6. The lowest BCUT2D eigenvalue weighted by atomic mass is 9.84.